The van der Waals surface area contributed by atoms with Gasteiger partial charge in [0.1, 0.15) is 0 Å². The van der Waals surface area contributed by atoms with Crippen LogP contribution in [0.2, 0.25) is 0 Å². The Hall–Kier alpha value is -2.00. The molecule has 0 radical (unpaired) electrons. The van der Waals surface area contributed by atoms with E-state index in [-0.39, 0.29) is 0 Å². The van der Waals surface area contributed by atoms with Gasteiger partial charge in [-0.3, -0.25) is 0 Å². The minimum absolute atomic E-state index is 1.03. The summed E-state index contributed by atoms with van der Waals surface area (Å²) in [4.78, 5) is 0. The molecule has 0 atom stereocenters. The van der Waals surface area contributed by atoms with Crippen LogP contribution in [0, 0.1) is 0 Å². The van der Waals surface area contributed by atoms with E-state index >= 15 is 0 Å². The first-order valence-corrected chi connectivity index (χ1v) is 10.5. The molecule has 0 aromatic heterocycles. The molecule has 0 fully saturated rings. The second kappa shape index (κ2) is 14.1. The van der Waals surface area contributed by atoms with Crippen LogP contribution in [0.1, 0.15) is 52.2 Å². The average molecular weight is 431 g/mol. The molecular formula is C24H35BrN2. The van der Waals surface area contributed by atoms with Gasteiger partial charge in [0, 0.05) is 28.6 Å². The van der Waals surface area contributed by atoms with Gasteiger partial charge in [-0.15, -0.1) is 0 Å². The van der Waals surface area contributed by atoms with Crippen molar-refractivity contribution in [2.75, 3.05) is 17.7 Å². The topological polar surface area (TPSA) is 24.1 Å². The van der Waals surface area contributed by atoms with Crippen molar-refractivity contribution in [1.29, 1.82) is 0 Å². The lowest BCUT2D eigenvalue weighted by molar-refractivity contribution is 0.918. The predicted molar refractivity (Wildman–Crippen MR) is 129 cm³/mol. The van der Waals surface area contributed by atoms with Gasteiger partial charge in [-0.1, -0.05) is 64.6 Å². The van der Waals surface area contributed by atoms with E-state index < -0.39 is 0 Å². The van der Waals surface area contributed by atoms with Gasteiger partial charge in [-0.2, -0.15) is 0 Å². The number of halogens is 1. The second-order valence-corrected chi connectivity index (χ2v) is 6.46. The number of allylic oxidation sites excluding steroid dienone is 2. The molecule has 3 heteroatoms. The fourth-order valence-corrected chi connectivity index (χ4v) is 2.87. The number of aryl methyl sites for hydroxylation is 1. The van der Waals surface area contributed by atoms with Crippen LogP contribution in [0.4, 0.5) is 11.4 Å². The lowest BCUT2D eigenvalue weighted by Crippen LogP contribution is -2.09. The summed E-state index contributed by atoms with van der Waals surface area (Å²) < 4.78 is 1.10. The molecule has 0 unspecified atom stereocenters. The third kappa shape index (κ3) is 8.49. The SMILES string of the molecule is C=C1CCc2cc(C(=C)C)ccc2N1.CC.CC.CNc1ccccc1Br. The lowest BCUT2D eigenvalue weighted by Gasteiger charge is -2.20. The molecule has 0 bridgehead atoms. The maximum absolute atomic E-state index is 3.95. The number of hydrogen-bond donors (Lipinski definition) is 2. The second-order valence-electron chi connectivity index (χ2n) is 5.61. The first-order valence-electron chi connectivity index (χ1n) is 9.67. The van der Waals surface area contributed by atoms with Crippen molar-refractivity contribution in [2.24, 2.45) is 0 Å². The van der Waals surface area contributed by atoms with Crippen LogP contribution in [-0.4, -0.2) is 7.05 Å². The summed E-state index contributed by atoms with van der Waals surface area (Å²) in [6.45, 7) is 17.9. The Morgan fingerprint density at radius 2 is 1.67 bits per heavy atom. The zero-order valence-corrected chi connectivity index (χ0v) is 19.3. The van der Waals surface area contributed by atoms with Crippen molar-refractivity contribution in [3.8, 4) is 0 Å². The maximum atomic E-state index is 3.95. The summed E-state index contributed by atoms with van der Waals surface area (Å²) in [5.74, 6) is 0. The van der Waals surface area contributed by atoms with Gasteiger partial charge in [0.25, 0.3) is 0 Å². The van der Waals surface area contributed by atoms with Crippen molar-refractivity contribution in [3.05, 3.63) is 76.9 Å². The standard InChI is InChI=1S/C13H15N.C7H8BrN.2C2H6/c1-9(2)11-6-7-13-12(8-11)5-4-10(3)14-13;1-9-7-5-3-2-4-6(7)8;2*1-2/h6-8,14H,1,3-5H2,2H3;2-5,9H,1H3;2*1-2H3. The van der Waals surface area contributed by atoms with E-state index in [1.807, 2.05) is 65.9 Å². The fraction of sp³-hybridized carbons (Fsp3) is 0.333. The average Bonchev–Trinajstić information content (AvgIpc) is 2.71. The molecule has 2 aromatic carbocycles. The van der Waals surface area contributed by atoms with Crippen LogP contribution in [0.25, 0.3) is 5.57 Å². The van der Waals surface area contributed by atoms with E-state index in [2.05, 4.69) is 57.9 Å². The zero-order chi connectivity index (χ0) is 20.8. The fourth-order valence-electron chi connectivity index (χ4n) is 2.39. The molecule has 148 valence electrons. The molecule has 2 nitrogen and oxygen atoms in total. The Morgan fingerprint density at radius 1 is 1.04 bits per heavy atom. The van der Waals surface area contributed by atoms with Gasteiger partial charge in [-0.25, -0.2) is 0 Å². The lowest BCUT2D eigenvalue weighted by atomic mass is 9.97. The van der Waals surface area contributed by atoms with E-state index in [0.29, 0.717) is 0 Å². The molecule has 1 aliphatic heterocycles. The van der Waals surface area contributed by atoms with E-state index in [4.69, 9.17) is 0 Å². The number of hydrogen-bond acceptors (Lipinski definition) is 2. The van der Waals surface area contributed by atoms with Gasteiger partial charge >= 0.3 is 0 Å². The highest BCUT2D eigenvalue weighted by Gasteiger charge is 2.10. The minimum atomic E-state index is 1.03. The minimum Gasteiger partial charge on any atom is -0.387 e. The third-order valence-corrected chi connectivity index (χ3v) is 4.44. The molecule has 1 aliphatic rings. The van der Waals surface area contributed by atoms with Crippen molar-refractivity contribution in [3.63, 3.8) is 0 Å². The van der Waals surface area contributed by atoms with Crippen LogP contribution in [-0.2, 0) is 6.42 Å². The predicted octanol–water partition coefficient (Wildman–Crippen LogP) is 8.13. The summed E-state index contributed by atoms with van der Waals surface area (Å²) in [6.07, 6.45) is 2.12. The maximum Gasteiger partial charge on any atom is 0.0482 e. The molecule has 27 heavy (non-hydrogen) atoms. The zero-order valence-electron chi connectivity index (χ0n) is 17.7. The summed E-state index contributed by atoms with van der Waals surface area (Å²) in [7, 11) is 1.90. The van der Waals surface area contributed by atoms with E-state index in [9.17, 15) is 0 Å². The molecule has 0 saturated carbocycles. The van der Waals surface area contributed by atoms with E-state index in [0.717, 1.165) is 34.3 Å². The normalized spacial score (nSPS) is 11.0. The summed E-state index contributed by atoms with van der Waals surface area (Å²) in [5, 5.41) is 6.35. The summed E-state index contributed by atoms with van der Waals surface area (Å²) in [6, 6.07) is 14.4. The molecule has 0 aliphatic carbocycles. The van der Waals surface area contributed by atoms with Gasteiger partial charge in [0.15, 0.2) is 0 Å². The van der Waals surface area contributed by atoms with Crippen LogP contribution in [0.3, 0.4) is 0 Å². The number of nitrogens with one attached hydrogen (secondary N) is 2. The molecule has 0 amide bonds. The molecule has 0 saturated heterocycles. The molecule has 2 N–H and O–H groups in total. The van der Waals surface area contributed by atoms with Crippen LogP contribution in [0.5, 0.6) is 0 Å². The Kier molecular flexibility index (Phi) is 13.1. The van der Waals surface area contributed by atoms with Crippen molar-refractivity contribution in [2.45, 2.75) is 47.5 Å². The monoisotopic (exact) mass is 430 g/mol. The Bertz CT molecular complexity index is 720. The number of anilines is 2. The molecular weight excluding hydrogens is 396 g/mol. The Morgan fingerprint density at radius 3 is 2.19 bits per heavy atom. The van der Waals surface area contributed by atoms with Crippen molar-refractivity contribution >= 4 is 32.9 Å². The van der Waals surface area contributed by atoms with Gasteiger partial charge in [0.2, 0.25) is 0 Å². The van der Waals surface area contributed by atoms with Gasteiger partial charge in [-0.05, 0) is 71.1 Å². The first-order chi connectivity index (χ1) is 13.0. The molecule has 1 heterocycles. The summed E-state index contributed by atoms with van der Waals surface area (Å²) >= 11 is 3.39. The van der Waals surface area contributed by atoms with E-state index in [1.165, 1.54) is 16.8 Å². The quantitative estimate of drug-likeness (QED) is 0.501. The van der Waals surface area contributed by atoms with Gasteiger partial charge in [0.05, 0.1) is 0 Å². The first kappa shape index (κ1) is 25.0. The third-order valence-electron chi connectivity index (χ3n) is 3.75. The number of rotatable bonds is 2. The van der Waals surface area contributed by atoms with Crippen molar-refractivity contribution < 1.29 is 0 Å². The van der Waals surface area contributed by atoms with Crippen LogP contribution < -0.4 is 10.6 Å². The van der Waals surface area contributed by atoms with Crippen LogP contribution in [0.15, 0.2) is 65.8 Å². The van der Waals surface area contributed by atoms with Gasteiger partial charge < -0.3 is 10.6 Å². The highest BCUT2D eigenvalue weighted by Crippen LogP contribution is 2.28. The number of para-hydroxylation sites is 1. The molecule has 2 aromatic rings. The Balaban J connectivity index is 0.000000451. The van der Waals surface area contributed by atoms with Crippen LogP contribution >= 0.6 is 15.9 Å². The molecule has 0 spiro atoms. The van der Waals surface area contributed by atoms with E-state index in [1.54, 1.807) is 0 Å². The smallest absolute Gasteiger partial charge is 0.0482 e. The highest BCUT2D eigenvalue weighted by molar-refractivity contribution is 9.10. The largest absolute Gasteiger partial charge is 0.387 e. The number of benzene rings is 2. The number of fused-ring (bicyclic) bond motifs is 1. The summed E-state index contributed by atoms with van der Waals surface area (Å²) in [5.41, 5.74) is 7.16. The van der Waals surface area contributed by atoms with Crippen molar-refractivity contribution in [1.82, 2.24) is 0 Å². The highest BCUT2D eigenvalue weighted by atomic mass is 79.9. The molecule has 3 rings (SSSR count). The Labute approximate surface area is 174 Å².